The van der Waals surface area contributed by atoms with E-state index in [9.17, 15) is 9.59 Å². The van der Waals surface area contributed by atoms with Crippen LogP contribution in [0.2, 0.25) is 0 Å². The molecule has 7 heteroatoms. The number of benzene rings is 1. The van der Waals surface area contributed by atoms with Gasteiger partial charge in [0.1, 0.15) is 0 Å². The molecule has 122 valence electrons. The highest BCUT2D eigenvalue weighted by Gasteiger charge is 2.26. The predicted octanol–water partition coefficient (Wildman–Crippen LogP) is 2.40. The van der Waals surface area contributed by atoms with Crippen LogP contribution >= 0.6 is 28.3 Å². The Kier molecular flexibility index (Phi) is 7.85. The summed E-state index contributed by atoms with van der Waals surface area (Å²) in [6.45, 7) is 1.65. The van der Waals surface area contributed by atoms with Gasteiger partial charge in [-0.3, -0.25) is 9.59 Å². The molecule has 0 atom stereocenters. The van der Waals surface area contributed by atoms with Gasteiger partial charge in [-0.2, -0.15) is 0 Å². The first kappa shape index (κ1) is 18.9. The Balaban J connectivity index is 0.00000242. The number of halogens is 2. The van der Waals surface area contributed by atoms with E-state index in [0.717, 1.165) is 10.2 Å². The maximum Gasteiger partial charge on any atom is 0.227 e. The first-order valence-electron chi connectivity index (χ1n) is 7.14. The minimum Gasteiger partial charge on any atom is -0.343 e. The normalized spacial score (nSPS) is 15.1. The zero-order chi connectivity index (χ0) is 15.2. The molecule has 2 rings (SSSR count). The molecule has 1 aliphatic heterocycles. The highest BCUT2D eigenvalue weighted by atomic mass is 79.9. The lowest BCUT2D eigenvalue weighted by atomic mass is 9.95. The topological polar surface area (TPSA) is 75.4 Å². The number of rotatable bonds is 4. The van der Waals surface area contributed by atoms with E-state index in [4.69, 9.17) is 5.73 Å². The molecule has 1 saturated heterocycles. The summed E-state index contributed by atoms with van der Waals surface area (Å²) in [5.41, 5.74) is 6.19. The molecule has 1 heterocycles. The molecular weight excluding hydrogens is 370 g/mol. The summed E-state index contributed by atoms with van der Waals surface area (Å²) in [6, 6.07) is 7.51. The lowest BCUT2D eigenvalue weighted by Crippen LogP contribution is -2.42. The average Bonchev–Trinajstić information content (AvgIpc) is 2.50. The molecule has 1 fully saturated rings. The Hall–Kier alpha value is -1.11. The van der Waals surface area contributed by atoms with Crippen LogP contribution in [0, 0.1) is 5.92 Å². The number of piperidine rings is 1. The molecule has 0 spiro atoms. The largest absolute Gasteiger partial charge is 0.343 e. The van der Waals surface area contributed by atoms with E-state index in [1.165, 1.54) is 0 Å². The van der Waals surface area contributed by atoms with Gasteiger partial charge in [-0.05, 0) is 37.1 Å². The molecule has 3 N–H and O–H groups in total. The number of nitrogens with zero attached hydrogens (tertiary/aromatic N) is 1. The van der Waals surface area contributed by atoms with Gasteiger partial charge in [0.25, 0.3) is 0 Å². The highest BCUT2D eigenvalue weighted by molar-refractivity contribution is 9.10. The van der Waals surface area contributed by atoms with Gasteiger partial charge < -0.3 is 16.0 Å². The second kappa shape index (κ2) is 9.12. The van der Waals surface area contributed by atoms with Crippen molar-refractivity contribution in [1.82, 2.24) is 4.90 Å². The number of hydrogen-bond acceptors (Lipinski definition) is 3. The van der Waals surface area contributed by atoms with Crippen LogP contribution in [0.5, 0.6) is 0 Å². The Morgan fingerprint density at radius 1 is 1.23 bits per heavy atom. The fourth-order valence-corrected chi connectivity index (χ4v) is 2.71. The molecule has 0 bridgehead atoms. The van der Waals surface area contributed by atoms with E-state index >= 15 is 0 Å². The summed E-state index contributed by atoms with van der Waals surface area (Å²) in [4.78, 5) is 25.7. The number of nitrogens with one attached hydrogen (secondary N) is 1. The molecule has 5 nitrogen and oxygen atoms in total. The quantitative estimate of drug-likeness (QED) is 0.829. The third kappa shape index (κ3) is 5.26. The monoisotopic (exact) mass is 389 g/mol. The van der Waals surface area contributed by atoms with Crippen LogP contribution in [0.1, 0.15) is 19.3 Å². The SMILES string of the molecule is Cl.NCCC(=O)N1CCC(C(=O)Nc2ccc(Br)cc2)CC1. The molecule has 2 amide bonds. The molecule has 1 aromatic rings. The van der Waals surface area contributed by atoms with Gasteiger partial charge in [0.2, 0.25) is 11.8 Å². The van der Waals surface area contributed by atoms with Crippen LogP contribution in [0.15, 0.2) is 28.7 Å². The summed E-state index contributed by atoms with van der Waals surface area (Å²) in [6.07, 6.45) is 1.80. The third-order valence-corrected chi connectivity index (χ3v) is 4.22. The maximum atomic E-state index is 12.2. The number of hydrogen-bond donors (Lipinski definition) is 2. The summed E-state index contributed by atoms with van der Waals surface area (Å²) in [5.74, 6) is 0.0862. The van der Waals surface area contributed by atoms with E-state index < -0.39 is 0 Å². The van der Waals surface area contributed by atoms with Crippen LogP contribution in [0.3, 0.4) is 0 Å². The summed E-state index contributed by atoms with van der Waals surface area (Å²) in [7, 11) is 0. The van der Waals surface area contributed by atoms with E-state index in [2.05, 4.69) is 21.2 Å². The Morgan fingerprint density at radius 2 is 1.82 bits per heavy atom. The van der Waals surface area contributed by atoms with Crippen molar-refractivity contribution < 1.29 is 9.59 Å². The molecule has 0 aliphatic carbocycles. The van der Waals surface area contributed by atoms with Crippen LogP contribution in [-0.2, 0) is 9.59 Å². The zero-order valence-corrected chi connectivity index (χ0v) is 14.7. The number of amides is 2. The Morgan fingerprint density at radius 3 is 2.36 bits per heavy atom. The molecule has 0 unspecified atom stereocenters. The Bertz CT molecular complexity index is 502. The van der Waals surface area contributed by atoms with E-state index in [1.807, 2.05) is 24.3 Å². The van der Waals surface area contributed by atoms with E-state index in [0.29, 0.717) is 38.9 Å². The smallest absolute Gasteiger partial charge is 0.227 e. The molecule has 0 aromatic heterocycles. The van der Waals surface area contributed by atoms with Crippen molar-refractivity contribution in [3.63, 3.8) is 0 Å². The van der Waals surface area contributed by atoms with Crippen molar-refractivity contribution in [2.24, 2.45) is 11.7 Å². The first-order valence-corrected chi connectivity index (χ1v) is 7.93. The number of anilines is 1. The van der Waals surface area contributed by atoms with Gasteiger partial charge in [-0.25, -0.2) is 0 Å². The maximum absolute atomic E-state index is 12.2. The first-order chi connectivity index (χ1) is 10.1. The van der Waals surface area contributed by atoms with Crippen LogP contribution in [-0.4, -0.2) is 36.3 Å². The summed E-state index contributed by atoms with van der Waals surface area (Å²) >= 11 is 3.36. The van der Waals surface area contributed by atoms with E-state index in [-0.39, 0.29) is 30.1 Å². The van der Waals surface area contributed by atoms with Gasteiger partial charge in [-0.1, -0.05) is 15.9 Å². The number of likely N-dealkylation sites (tertiary alicyclic amines) is 1. The van der Waals surface area contributed by atoms with Crippen molar-refractivity contribution in [2.75, 3.05) is 25.0 Å². The zero-order valence-electron chi connectivity index (χ0n) is 12.3. The van der Waals surface area contributed by atoms with Gasteiger partial charge in [0.05, 0.1) is 0 Å². The van der Waals surface area contributed by atoms with Crippen molar-refractivity contribution in [3.8, 4) is 0 Å². The minimum absolute atomic E-state index is 0. The molecule has 0 saturated carbocycles. The second-order valence-corrected chi connectivity index (χ2v) is 6.11. The van der Waals surface area contributed by atoms with Gasteiger partial charge in [0.15, 0.2) is 0 Å². The van der Waals surface area contributed by atoms with Crippen LogP contribution in [0.25, 0.3) is 0 Å². The molecule has 22 heavy (non-hydrogen) atoms. The lowest BCUT2D eigenvalue weighted by Gasteiger charge is -2.31. The van der Waals surface area contributed by atoms with E-state index in [1.54, 1.807) is 4.90 Å². The summed E-state index contributed by atoms with van der Waals surface area (Å²) in [5, 5.41) is 2.92. The second-order valence-electron chi connectivity index (χ2n) is 5.19. The fraction of sp³-hybridized carbons (Fsp3) is 0.467. The average molecular weight is 391 g/mol. The predicted molar refractivity (Wildman–Crippen MR) is 93.0 cm³/mol. The van der Waals surface area contributed by atoms with Crippen LogP contribution < -0.4 is 11.1 Å². The van der Waals surface area contributed by atoms with Crippen molar-refractivity contribution in [2.45, 2.75) is 19.3 Å². The molecular formula is C15H21BrClN3O2. The Labute approximate surface area is 145 Å². The van der Waals surface area contributed by atoms with Crippen molar-refractivity contribution in [1.29, 1.82) is 0 Å². The number of nitrogens with two attached hydrogens (primary N) is 1. The van der Waals surface area contributed by atoms with Gasteiger partial charge in [0, 0.05) is 42.1 Å². The minimum atomic E-state index is -0.0319. The number of carbonyl (C=O) groups excluding carboxylic acids is 2. The fourth-order valence-electron chi connectivity index (χ4n) is 2.45. The van der Waals surface area contributed by atoms with Gasteiger partial charge in [-0.15, -0.1) is 12.4 Å². The van der Waals surface area contributed by atoms with Crippen molar-refractivity contribution in [3.05, 3.63) is 28.7 Å². The lowest BCUT2D eigenvalue weighted by molar-refractivity contribution is -0.134. The standard InChI is InChI=1S/C15H20BrN3O2.ClH/c16-12-1-3-13(4-2-12)18-15(21)11-6-9-19(10-7-11)14(20)5-8-17;/h1-4,11H,5-10,17H2,(H,18,21);1H. The summed E-state index contributed by atoms with van der Waals surface area (Å²) < 4.78 is 0.979. The molecule has 0 radical (unpaired) electrons. The molecule has 1 aromatic carbocycles. The highest BCUT2D eigenvalue weighted by Crippen LogP contribution is 2.21. The van der Waals surface area contributed by atoms with Crippen LogP contribution in [0.4, 0.5) is 5.69 Å². The molecule has 1 aliphatic rings. The van der Waals surface area contributed by atoms with Gasteiger partial charge >= 0.3 is 0 Å². The third-order valence-electron chi connectivity index (χ3n) is 3.69. The number of carbonyl (C=O) groups is 2. The van der Waals surface area contributed by atoms with Crippen molar-refractivity contribution >= 4 is 45.8 Å².